The first-order chi connectivity index (χ1) is 10.2. The molecule has 0 aliphatic heterocycles. The molecule has 3 N–H and O–H groups in total. The Morgan fingerprint density at radius 1 is 1.23 bits per heavy atom. The zero-order valence-corrected chi connectivity index (χ0v) is 15.4. The molecule has 0 amide bonds. The zero-order chi connectivity index (χ0) is 14.9. The van der Waals surface area contributed by atoms with Gasteiger partial charge in [-0.25, -0.2) is 4.99 Å². The second kappa shape index (κ2) is 6.93. The average Bonchev–Trinajstić information content (AvgIpc) is 2.92. The predicted molar refractivity (Wildman–Crippen MR) is 99.5 cm³/mol. The van der Waals surface area contributed by atoms with Gasteiger partial charge < -0.3 is 20.5 Å². The highest BCUT2D eigenvalue weighted by Crippen LogP contribution is 2.59. The van der Waals surface area contributed by atoms with Crippen LogP contribution in [0.1, 0.15) is 32.1 Å². The van der Waals surface area contributed by atoms with E-state index in [1.54, 1.807) is 14.2 Å². The van der Waals surface area contributed by atoms with Crippen molar-refractivity contribution in [2.45, 2.75) is 38.1 Å². The summed E-state index contributed by atoms with van der Waals surface area (Å²) in [4.78, 5) is 4.63. The summed E-state index contributed by atoms with van der Waals surface area (Å²) in [6.07, 6.45) is 6.50. The fourth-order valence-electron chi connectivity index (χ4n) is 3.39. The number of guanidine groups is 1. The van der Waals surface area contributed by atoms with Gasteiger partial charge in [-0.2, -0.15) is 0 Å². The van der Waals surface area contributed by atoms with Gasteiger partial charge in [-0.05, 0) is 36.8 Å². The van der Waals surface area contributed by atoms with Crippen LogP contribution < -0.4 is 20.5 Å². The van der Waals surface area contributed by atoms with Crippen LogP contribution in [-0.2, 0) is 0 Å². The smallest absolute Gasteiger partial charge is 0.193 e. The minimum absolute atomic E-state index is 0. The Bertz CT molecular complexity index is 556. The predicted octanol–water partition coefficient (Wildman–Crippen LogP) is 3.38. The van der Waals surface area contributed by atoms with Crippen molar-refractivity contribution < 1.29 is 9.47 Å². The highest BCUT2D eigenvalue weighted by atomic mass is 127. The van der Waals surface area contributed by atoms with Crippen LogP contribution in [-0.4, -0.2) is 26.2 Å². The van der Waals surface area contributed by atoms with Crippen molar-refractivity contribution in [3.05, 3.63) is 18.2 Å². The number of nitrogens with two attached hydrogens (primary N) is 1. The van der Waals surface area contributed by atoms with Gasteiger partial charge in [0.1, 0.15) is 0 Å². The van der Waals surface area contributed by atoms with E-state index in [0.717, 1.165) is 5.69 Å². The van der Waals surface area contributed by atoms with Crippen LogP contribution >= 0.6 is 24.0 Å². The SMILES string of the molecule is COc1ccc(NC(N)=NC2CC23CCCC3)cc1OC.I. The summed E-state index contributed by atoms with van der Waals surface area (Å²) in [5, 5.41) is 3.14. The standard InChI is InChI=1S/C16H23N3O2.HI/c1-20-12-6-5-11(9-13(12)21-2)18-15(17)19-14-10-16(14)7-3-4-8-16;/h5-6,9,14H,3-4,7-8,10H2,1-2H3,(H3,17,18,19);1H. The molecule has 6 heteroatoms. The van der Waals surface area contributed by atoms with Gasteiger partial charge in [0.2, 0.25) is 0 Å². The van der Waals surface area contributed by atoms with Crippen LogP contribution in [0.15, 0.2) is 23.2 Å². The number of anilines is 1. The molecule has 0 radical (unpaired) electrons. The van der Waals surface area contributed by atoms with Crippen LogP contribution in [0.5, 0.6) is 11.5 Å². The summed E-state index contributed by atoms with van der Waals surface area (Å²) in [7, 11) is 3.24. The first-order valence-corrected chi connectivity index (χ1v) is 7.49. The van der Waals surface area contributed by atoms with Crippen LogP contribution in [0.2, 0.25) is 0 Å². The lowest BCUT2D eigenvalue weighted by Gasteiger charge is -2.11. The summed E-state index contributed by atoms with van der Waals surface area (Å²) in [6.45, 7) is 0. The maximum atomic E-state index is 6.03. The molecule has 1 aromatic carbocycles. The van der Waals surface area contributed by atoms with Gasteiger partial charge in [-0.3, -0.25) is 0 Å². The number of hydrogen-bond acceptors (Lipinski definition) is 3. The molecule has 1 aromatic rings. The Kier molecular flexibility index (Phi) is 5.41. The molecule has 2 aliphatic carbocycles. The van der Waals surface area contributed by atoms with Crippen molar-refractivity contribution in [3.8, 4) is 11.5 Å². The van der Waals surface area contributed by atoms with Crippen molar-refractivity contribution in [3.63, 3.8) is 0 Å². The fourth-order valence-corrected chi connectivity index (χ4v) is 3.39. The summed E-state index contributed by atoms with van der Waals surface area (Å²) in [5.74, 6) is 1.86. The molecule has 1 atom stereocenters. The molecule has 3 rings (SSSR count). The Labute approximate surface area is 148 Å². The highest BCUT2D eigenvalue weighted by molar-refractivity contribution is 14.0. The molecular formula is C16H24IN3O2. The Morgan fingerprint density at radius 2 is 1.91 bits per heavy atom. The van der Waals surface area contributed by atoms with E-state index in [1.807, 2.05) is 18.2 Å². The monoisotopic (exact) mass is 417 g/mol. The summed E-state index contributed by atoms with van der Waals surface area (Å²) in [6, 6.07) is 6.03. The van der Waals surface area contributed by atoms with Crippen LogP contribution in [0.25, 0.3) is 0 Å². The zero-order valence-electron chi connectivity index (χ0n) is 13.1. The first-order valence-electron chi connectivity index (χ1n) is 7.49. The molecule has 5 nitrogen and oxygen atoms in total. The van der Waals surface area contributed by atoms with E-state index in [-0.39, 0.29) is 24.0 Å². The normalized spacial score (nSPS) is 22.1. The molecule has 0 saturated heterocycles. The molecule has 0 heterocycles. The number of benzene rings is 1. The van der Waals surface area contributed by atoms with Gasteiger partial charge in [0.15, 0.2) is 17.5 Å². The van der Waals surface area contributed by atoms with Crippen LogP contribution in [0.3, 0.4) is 0 Å². The number of aliphatic imine (C=N–C) groups is 1. The number of ether oxygens (including phenoxy) is 2. The molecule has 2 fully saturated rings. The number of nitrogens with zero attached hydrogens (tertiary/aromatic N) is 1. The Hall–Kier alpha value is -1.18. The quantitative estimate of drug-likeness (QED) is 0.448. The summed E-state index contributed by atoms with van der Waals surface area (Å²) in [5.41, 5.74) is 7.36. The van der Waals surface area contributed by atoms with E-state index in [0.29, 0.717) is 28.9 Å². The Morgan fingerprint density at radius 3 is 2.55 bits per heavy atom. The number of nitrogens with one attached hydrogen (secondary N) is 1. The van der Waals surface area contributed by atoms with E-state index in [4.69, 9.17) is 15.2 Å². The van der Waals surface area contributed by atoms with Gasteiger partial charge >= 0.3 is 0 Å². The summed E-state index contributed by atoms with van der Waals surface area (Å²) >= 11 is 0. The molecule has 0 bridgehead atoms. The Balaban J connectivity index is 0.00000176. The van der Waals surface area contributed by atoms with E-state index in [9.17, 15) is 0 Å². The van der Waals surface area contributed by atoms with Gasteiger partial charge in [0, 0.05) is 11.8 Å². The number of halogens is 1. The average molecular weight is 417 g/mol. The van der Waals surface area contributed by atoms with Crippen LogP contribution in [0, 0.1) is 5.41 Å². The highest BCUT2D eigenvalue weighted by Gasteiger charge is 2.55. The van der Waals surface area contributed by atoms with Gasteiger partial charge in [0.05, 0.1) is 20.3 Å². The van der Waals surface area contributed by atoms with E-state index in [1.165, 1.54) is 32.1 Å². The molecule has 22 heavy (non-hydrogen) atoms. The van der Waals surface area contributed by atoms with Crippen molar-refractivity contribution in [2.75, 3.05) is 19.5 Å². The molecule has 1 unspecified atom stereocenters. The minimum Gasteiger partial charge on any atom is -0.493 e. The number of hydrogen-bond donors (Lipinski definition) is 2. The number of rotatable bonds is 4. The lowest BCUT2D eigenvalue weighted by atomic mass is 10.1. The van der Waals surface area contributed by atoms with Crippen molar-refractivity contribution in [1.29, 1.82) is 0 Å². The van der Waals surface area contributed by atoms with E-state index >= 15 is 0 Å². The second-order valence-electron chi connectivity index (χ2n) is 6.00. The van der Waals surface area contributed by atoms with Crippen molar-refractivity contribution in [1.82, 2.24) is 0 Å². The second-order valence-corrected chi connectivity index (χ2v) is 6.00. The largest absolute Gasteiger partial charge is 0.493 e. The third kappa shape index (κ3) is 3.42. The van der Waals surface area contributed by atoms with Gasteiger partial charge in [0.25, 0.3) is 0 Å². The molecule has 2 saturated carbocycles. The molecular weight excluding hydrogens is 393 g/mol. The summed E-state index contributed by atoms with van der Waals surface area (Å²) < 4.78 is 10.5. The van der Waals surface area contributed by atoms with Crippen molar-refractivity contribution in [2.24, 2.45) is 16.1 Å². The third-order valence-corrected chi connectivity index (χ3v) is 4.70. The maximum absolute atomic E-state index is 6.03. The molecule has 2 aliphatic rings. The molecule has 0 aromatic heterocycles. The van der Waals surface area contributed by atoms with Crippen LogP contribution in [0.4, 0.5) is 5.69 Å². The van der Waals surface area contributed by atoms with Crippen molar-refractivity contribution >= 4 is 35.6 Å². The molecule has 122 valence electrons. The molecule has 1 spiro atoms. The van der Waals surface area contributed by atoms with E-state index in [2.05, 4.69) is 10.3 Å². The van der Waals surface area contributed by atoms with Gasteiger partial charge in [-0.1, -0.05) is 12.8 Å². The maximum Gasteiger partial charge on any atom is 0.193 e. The minimum atomic E-state index is 0. The van der Waals surface area contributed by atoms with E-state index < -0.39 is 0 Å². The third-order valence-electron chi connectivity index (χ3n) is 4.70. The first kappa shape index (κ1) is 17.2. The lowest BCUT2D eigenvalue weighted by Crippen LogP contribution is -2.23. The lowest BCUT2D eigenvalue weighted by molar-refractivity contribution is 0.355. The topological polar surface area (TPSA) is 68.9 Å². The van der Waals surface area contributed by atoms with Gasteiger partial charge in [-0.15, -0.1) is 24.0 Å². The fraction of sp³-hybridized carbons (Fsp3) is 0.562. The number of methoxy groups -OCH3 is 2.